The molecule has 2 aromatic rings. The van der Waals surface area contributed by atoms with E-state index in [-0.39, 0.29) is 0 Å². The lowest BCUT2D eigenvalue weighted by atomic mass is 10.2. The fourth-order valence-corrected chi connectivity index (χ4v) is 2.62. The Morgan fingerprint density at radius 2 is 1.68 bits per heavy atom. The third kappa shape index (κ3) is 4.02. The Balaban J connectivity index is 1.63. The van der Waals surface area contributed by atoms with Crippen LogP contribution in [-0.4, -0.2) is 41.2 Å². The van der Waals surface area contributed by atoms with Gasteiger partial charge in [-0.05, 0) is 37.6 Å². The Labute approximate surface area is 131 Å². The molecule has 1 N–H and O–H groups in total. The Morgan fingerprint density at radius 1 is 1.05 bits per heavy atom. The second-order valence-corrected chi connectivity index (χ2v) is 5.68. The number of morpholine rings is 1. The zero-order chi connectivity index (χ0) is 15.4. The molecule has 5 heteroatoms. The van der Waals surface area contributed by atoms with Crippen LogP contribution < -0.4 is 5.32 Å². The van der Waals surface area contributed by atoms with Crippen LogP contribution in [0, 0.1) is 13.8 Å². The van der Waals surface area contributed by atoms with Crippen molar-refractivity contribution in [3.63, 3.8) is 0 Å². The van der Waals surface area contributed by atoms with Gasteiger partial charge in [0.15, 0.2) is 0 Å². The van der Waals surface area contributed by atoms with E-state index in [1.54, 1.807) is 0 Å². The Kier molecular flexibility index (Phi) is 4.65. The molecule has 0 saturated carbocycles. The van der Waals surface area contributed by atoms with Crippen LogP contribution in [0.5, 0.6) is 0 Å². The first-order chi connectivity index (χ1) is 10.7. The molecule has 22 heavy (non-hydrogen) atoms. The molecule has 1 aliphatic rings. The van der Waals surface area contributed by atoms with Crippen molar-refractivity contribution >= 4 is 11.6 Å². The van der Waals surface area contributed by atoms with Gasteiger partial charge in [0.25, 0.3) is 0 Å². The molecule has 1 saturated heterocycles. The highest BCUT2D eigenvalue weighted by Crippen LogP contribution is 2.16. The first-order valence-corrected chi connectivity index (χ1v) is 7.67. The summed E-state index contributed by atoms with van der Waals surface area (Å²) < 4.78 is 5.38. The number of aryl methyl sites for hydroxylation is 2. The van der Waals surface area contributed by atoms with Crippen LogP contribution in [-0.2, 0) is 11.3 Å². The molecule has 1 fully saturated rings. The van der Waals surface area contributed by atoms with E-state index in [1.165, 1.54) is 5.56 Å². The maximum absolute atomic E-state index is 5.38. The minimum absolute atomic E-state index is 0.651. The van der Waals surface area contributed by atoms with Gasteiger partial charge >= 0.3 is 0 Å². The van der Waals surface area contributed by atoms with Crippen molar-refractivity contribution in [3.8, 4) is 0 Å². The van der Waals surface area contributed by atoms with E-state index in [2.05, 4.69) is 44.5 Å². The van der Waals surface area contributed by atoms with Crippen LogP contribution in [0.1, 0.15) is 17.0 Å². The lowest BCUT2D eigenvalue weighted by molar-refractivity contribution is 0.0342. The second kappa shape index (κ2) is 6.85. The van der Waals surface area contributed by atoms with E-state index in [4.69, 9.17) is 4.74 Å². The van der Waals surface area contributed by atoms with Gasteiger partial charge in [-0.15, -0.1) is 0 Å². The fraction of sp³-hybridized carbons (Fsp3) is 0.412. The van der Waals surface area contributed by atoms with Gasteiger partial charge in [0.05, 0.1) is 13.2 Å². The monoisotopic (exact) mass is 298 g/mol. The Bertz CT molecular complexity index is 601. The summed E-state index contributed by atoms with van der Waals surface area (Å²) in [7, 11) is 0. The van der Waals surface area contributed by atoms with Crippen LogP contribution >= 0.6 is 0 Å². The third-order valence-corrected chi connectivity index (χ3v) is 3.70. The van der Waals surface area contributed by atoms with Gasteiger partial charge in [0.2, 0.25) is 5.95 Å². The summed E-state index contributed by atoms with van der Waals surface area (Å²) in [6, 6.07) is 10.4. The number of rotatable bonds is 4. The van der Waals surface area contributed by atoms with E-state index >= 15 is 0 Å². The zero-order valence-corrected chi connectivity index (χ0v) is 13.2. The SMILES string of the molecule is Cc1cc(C)nc(Nc2ccc(CN3CCOCC3)cc2)n1. The first kappa shape index (κ1) is 14.9. The normalized spacial score (nSPS) is 15.7. The Hall–Kier alpha value is -1.98. The molecule has 2 heterocycles. The molecule has 1 aromatic carbocycles. The topological polar surface area (TPSA) is 50.3 Å². The minimum atomic E-state index is 0.651. The lowest BCUT2D eigenvalue weighted by Gasteiger charge is -2.26. The van der Waals surface area contributed by atoms with Crippen molar-refractivity contribution in [2.75, 3.05) is 31.6 Å². The largest absolute Gasteiger partial charge is 0.379 e. The number of benzene rings is 1. The van der Waals surface area contributed by atoms with Gasteiger partial charge in [0, 0.05) is 36.7 Å². The second-order valence-electron chi connectivity index (χ2n) is 5.68. The molecule has 0 radical (unpaired) electrons. The summed E-state index contributed by atoms with van der Waals surface area (Å²) >= 11 is 0. The predicted octanol–water partition coefficient (Wildman–Crippen LogP) is 2.67. The van der Waals surface area contributed by atoms with E-state index in [1.807, 2.05) is 19.9 Å². The molecule has 0 spiro atoms. The van der Waals surface area contributed by atoms with Crippen LogP contribution in [0.15, 0.2) is 30.3 Å². The van der Waals surface area contributed by atoms with Crippen LogP contribution in [0.25, 0.3) is 0 Å². The molecule has 0 atom stereocenters. The Morgan fingerprint density at radius 3 is 2.32 bits per heavy atom. The summed E-state index contributed by atoms with van der Waals surface area (Å²) in [5, 5.41) is 3.26. The van der Waals surface area contributed by atoms with Crippen LogP contribution in [0.4, 0.5) is 11.6 Å². The predicted molar refractivity (Wildman–Crippen MR) is 87.3 cm³/mol. The molecule has 0 unspecified atom stereocenters. The van der Waals surface area contributed by atoms with Crippen molar-refractivity contribution in [1.29, 1.82) is 0 Å². The number of nitrogens with zero attached hydrogens (tertiary/aromatic N) is 3. The summed E-state index contributed by atoms with van der Waals surface area (Å²) in [4.78, 5) is 11.2. The smallest absolute Gasteiger partial charge is 0.227 e. The van der Waals surface area contributed by atoms with Crippen molar-refractivity contribution in [2.24, 2.45) is 0 Å². The highest BCUT2D eigenvalue weighted by molar-refractivity contribution is 5.53. The van der Waals surface area contributed by atoms with Gasteiger partial charge in [-0.25, -0.2) is 9.97 Å². The molecular formula is C17H22N4O. The van der Waals surface area contributed by atoms with Gasteiger partial charge in [0.1, 0.15) is 0 Å². The molecular weight excluding hydrogens is 276 g/mol. The summed E-state index contributed by atoms with van der Waals surface area (Å²) in [5.74, 6) is 0.651. The number of hydrogen-bond acceptors (Lipinski definition) is 5. The fourth-order valence-electron chi connectivity index (χ4n) is 2.62. The number of hydrogen-bond donors (Lipinski definition) is 1. The molecule has 1 aliphatic heterocycles. The third-order valence-electron chi connectivity index (χ3n) is 3.70. The van der Waals surface area contributed by atoms with Crippen LogP contribution in [0.2, 0.25) is 0 Å². The molecule has 0 aliphatic carbocycles. The minimum Gasteiger partial charge on any atom is -0.379 e. The molecule has 0 amide bonds. The summed E-state index contributed by atoms with van der Waals surface area (Å²) in [6.07, 6.45) is 0. The van der Waals surface area contributed by atoms with Gasteiger partial charge in [-0.1, -0.05) is 12.1 Å². The molecule has 3 rings (SSSR count). The molecule has 5 nitrogen and oxygen atoms in total. The number of ether oxygens (including phenoxy) is 1. The standard InChI is InChI=1S/C17H22N4O/c1-13-11-14(2)19-17(18-13)20-16-5-3-15(4-6-16)12-21-7-9-22-10-8-21/h3-6,11H,7-10,12H2,1-2H3,(H,18,19,20). The van der Waals surface area contributed by atoms with Gasteiger partial charge in [-0.2, -0.15) is 0 Å². The lowest BCUT2D eigenvalue weighted by Crippen LogP contribution is -2.35. The maximum atomic E-state index is 5.38. The number of anilines is 2. The molecule has 116 valence electrons. The van der Waals surface area contributed by atoms with E-state index in [0.29, 0.717) is 5.95 Å². The number of nitrogens with one attached hydrogen (secondary N) is 1. The van der Waals surface area contributed by atoms with Crippen LogP contribution in [0.3, 0.4) is 0 Å². The highest BCUT2D eigenvalue weighted by atomic mass is 16.5. The van der Waals surface area contributed by atoms with Gasteiger partial charge < -0.3 is 10.1 Å². The van der Waals surface area contributed by atoms with E-state index in [0.717, 1.165) is 49.9 Å². The van der Waals surface area contributed by atoms with Gasteiger partial charge in [-0.3, -0.25) is 4.90 Å². The maximum Gasteiger partial charge on any atom is 0.227 e. The average Bonchev–Trinajstić information content (AvgIpc) is 2.49. The number of aromatic nitrogens is 2. The molecule has 0 bridgehead atoms. The van der Waals surface area contributed by atoms with Crippen molar-refractivity contribution < 1.29 is 4.74 Å². The van der Waals surface area contributed by atoms with E-state index in [9.17, 15) is 0 Å². The van der Waals surface area contributed by atoms with Crippen molar-refractivity contribution in [1.82, 2.24) is 14.9 Å². The summed E-state index contributed by atoms with van der Waals surface area (Å²) in [5.41, 5.74) is 4.27. The first-order valence-electron chi connectivity index (χ1n) is 7.67. The highest BCUT2D eigenvalue weighted by Gasteiger charge is 2.10. The molecule has 1 aromatic heterocycles. The van der Waals surface area contributed by atoms with Crippen molar-refractivity contribution in [2.45, 2.75) is 20.4 Å². The van der Waals surface area contributed by atoms with E-state index < -0.39 is 0 Å². The summed E-state index contributed by atoms with van der Waals surface area (Å²) in [6.45, 7) is 8.63. The average molecular weight is 298 g/mol. The zero-order valence-electron chi connectivity index (χ0n) is 13.2. The quantitative estimate of drug-likeness (QED) is 0.940. The van der Waals surface area contributed by atoms with Crippen molar-refractivity contribution in [3.05, 3.63) is 47.3 Å².